The van der Waals surface area contributed by atoms with Crippen LogP contribution in [0.3, 0.4) is 0 Å². The molecule has 0 radical (unpaired) electrons. The third-order valence-electron chi connectivity index (χ3n) is 29.6. The summed E-state index contributed by atoms with van der Waals surface area (Å²) in [6.45, 7) is -2.13. The van der Waals surface area contributed by atoms with Crippen molar-refractivity contribution in [1.82, 2.24) is 29.4 Å². The van der Waals surface area contributed by atoms with Crippen LogP contribution in [0.4, 0.5) is 0 Å². The number of hydrogen-bond acceptors (Lipinski definition) is 12. The number of fused-ring (bicyclic) bond motifs is 6. The second-order valence-corrected chi connectivity index (χ2v) is 36.1. The Bertz CT molecular complexity index is 7540. The number of ether oxygens (including phenoxy) is 6. The quantitative estimate of drug-likeness (QED) is 0.159. The lowest BCUT2D eigenvalue weighted by molar-refractivity contribution is -0.0112. The highest BCUT2D eigenvalue weighted by Crippen LogP contribution is 2.64. The second-order valence-electron chi connectivity index (χ2n) is 36.1. The molecule has 6 unspecified atom stereocenters. The molecule has 672 valence electrons. The van der Waals surface area contributed by atoms with E-state index in [9.17, 15) is 8.22 Å². The second kappa shape index (κ2) is 35.0. The fourth-order valence-electron chi connectivity index (χ4n) is 23.2. The average Bonchev–Trinajstić information content (AvgIpc) is 0.632. The highest BCUT2D eigenvalue weighted by molar-refractivity contribution is 5.52. The van der Waals surface area contributed by atoms with Gasteiger partial charge in [0.05, 0.1) is 59.1 Å². The topological polar surface area (TPSA) is 74.8 Å². The Morgan fingerprint density at radius 3 is 0.911 bits per heavy atom. The number of nitrogens with zero attached hydrogens (tertiary/aromatic N) is 6. The summed E-state index contributed by atoms with van der Waals surface area (Å²) in [6.07, 6.45) is -38.5. The molecule has 6 saturated carbocycles. The van der Waals surface area contributed by atoms with Crippen molar-refractivity contribution in [1.29, 1.82) is 0 Å². The first-order valence-electron chi connectivity index (χ1n) is 73.8. The van der Waals surface area contributed by atoms with Crippen molar-refractivity contribution < 1.29 is 111 Å². The molecule has 6 heterocycles. The molecule has 12 fully saturated rings. The number of rotatable bonds is 6. The highest BCUT2D eigenvalue weighted by Gasteiger charge is 2.61. The number of methoxy groups -OCH3 is 6. The van der Waals surface area contributed by atoms with E-state index in [1.165, 1.54) is 110 Å². The molecule has 18 aliphatic rings. The molecule has 6 aromatic carbocycles. The lowest BCUT2D eigenvalue weighted by Crippen LogP contribution is -2.60. The maximum absolute atomic E-state index is 9.65. The molecule has 6 aliphatic heterocycles. The number of likely N-dealkylation sites (N-methyl/N-ethyl adjacent to an activating group) is 6. The van der Waals surface area contributed by atoms with Crippen molar-refractivity contribution in [3.8, 4) is 34.5 Å². The fourth-order valence-corrected chi connectivity index (χ4v) is 23.2. The van der Waals surface area contributed by atoms with Crippen LogP contribution in [0, 0.1) is 59.0 Å². The Balaban J connectivity index is 0.000000135. The SMILES string of the molecule is [2H][C@]12Cc3ccc(OC)cc3[C@@]3(CCCCC31)CCN2C.[2H][C@]12Cc3ccc(OC)cc3[C@@]3(CCCCC31)CCN2C.[2H]c1c([2H])c2c(c([2H])c1OC)[C@@]13CCN(C([2H])([2H])[2H])[C@@H](C2([2H])[2H])[C@@]1([2H])C([2H])([2H])C([2H])(C)C([2H])([2H])C3([2H])[2H].[2H]c1c([2H])c2c(c([2H])c1OC)[C@@]13CCN(C([2H])([2H])[2H])[C@@H](C2([2H])[2H])[C@@]1([2H])C([2H])([2H])C([2H])(C)C([2H])([2H])C3([2H])[2H].[2H]c1c([2H])c2c(c([2H])c1OC)[C@@]13CCN(C)[C@@H](C2([2H])[2H])[C@@]1([2H])C([2H])([2H])C([2H])(C)C([2H])([2H])C3([2H])[2H].[2H]c1c([2H])c2c(c([2H])c1OC)[C@@]13CCN(C)[C@@H](C2([2H])[2H])[C@@]1([2H])C([2H])([2H])C([2H])(C)C([2H])([2H])C3([2H])[2H]. The van der Waals surface area contributed by atoms with Crippen LogP contribution in [0.25, 0.3) is 0 Å². The molecular weight excluding hydrogens is 1530 g/mol. The van der Waals surface area contributed by atoms with Gasteiger partial charge in [-0.2, -0.15) is 0 Å². The Kier molecular flexibility index (Phi) is 11.8. The maximum atomic E-state index is 9.65. The van der Waals surface area contributed by atoms with Crippen molar-refractivity contribution in [2.24, 2.45) is 59.0 Å². The molecule has 6 saturated heterocycles. The van der Waals surface area contributed by atoms with E-state index in [0.29, 0.717) is 21.6 Å². The van der Waals surface area contributed by atoms with Crippen molar-refractivity contribution >= 4 is 0 Å². The van der Waals surface area contributed by atoms with E-state index in [0.717, 1.165) is 93.6 Å². The third-order valence-corrected chi connectivity index (χ3v) is 29.6. The first kappa shape index (κ1) is 42.0. The van der Waals surface area contributed by atoms with Crippen molar-refractivity contribution in [3.05, 3.63) is 176 Å². The standard InChI is InChI=1S/4C19H27NO.2C18H25NO/c4*1-13-6-7-19-8-9-20(2)18(17(19)10-13)11-14-4-5-15(21-3)12-16(14)19;2*1-19-10-9-18-8-4-3-5-15(18)17(19)11-13-6-7-14(20-2)12-16(13)18/h4*4-5,12-13,17-18H,6-11H2,1-3H3;2*6-7,12,15,17H,3-5,8-11H2,1-2H3/t4*13?,17-,18+,19-;2*15?,17-,18-/m111100/s1/i2*2D3,4D,5D,6D2,7D2,10D2,11D2,12D,13D,17D;2*4D,5D,6D2,7D2,10D2,11D2,12D,13D,17D;2*17D. The molecule has 0 amide bonds. The van der Waals surface area contributed by atoms with Gasteiger partial charge in [0.15, 0.2) is 0 Å². The van der Waals surface area contributed by atoms with Crippen LogP contribution in [-0.4, -0.2) is 190 Å². The van der Waals surface area contributed by atoms with Gasteiger partial charge in [0.2, 0.25) is 0 Å². The molecule has 24 rings (SSSR count). The van der Waals surface area contributed by atoms with E-state index >= 15 is 0 Å². The van der Waals surface area contributed by atoms with Gasteiger partial charge in [-0.1, -0.05) is 89.7 Å². The van der Waals surface area contributed by atoms with Crippen LogP contribution in [0.5, 0.6) is 34.5 Å². The van der Waals surface area contributed by atoms with Crippen LogP contribution in [0.15, 0.2) is 109 Å². The monoisotopic (exact) mass is 1740 g/mol. The summed E-state index contributed by atoms with van der Waals surface area (Å²) in [7, 11) is 15.1. The van der Waals surface area contributed by atoms with E-state index in [4.69, 9.17) is 102 Å². The molecule has 12 aliphatic carbocycles. The summed E-state index contributed by atoms with van der Waals surface area (Å²) >= 11 is 0. The Labute approximate surface area is 833 Å². The van der Waals surface area contributed by atoms with Gasteiger partial charge >= 0.3 is 0 Å². The molecule has 22 atom stereocenters. The van der Waals surface area contributed by atoms with E-state index in [1.807, 2.05) is 0 Å². The number of piperidine rings is 6. The fraction of sp³-hybridized carbons (Fsp3) is 0.679. The molecule has 6 aromatic rings. The molecule has 0 aromatic heterocycles. The summed E-state index contributed by atoms with van der Waals surface area (Å²) in [5.41, 5.74) is -9.16. The summed E-state index contributed by atoms with van der Waals surface area (Å²) in [4.78, 5) is 8.43. The molecule has 12 nitrogen and oxygen atoms in total. The van der Waals surface area contributed by atoms with Crippen LogP contribution in [0.1, 0.15) is 343 Å². The van der Waals surface area contributed by atoms with Gasteiger partial charge in [-0.05, 0) is 459 Å². The van der Waals surface area contributed by atoms with Crippen LogP contribution >= 0.6 is 0 Å². The van der Waals surface area contributed by atoms with Gasteiger partial charge in [-0.25, -0.2) is 0 Å². The number of benzene rings is 6. The molecule has 12 heteroatoms. The van der Waals surface area contributed by atoms with E-state index < -0.39 is 387 Å². The minimum absolute atomic E-state index is 0.0393. The molecule has 0 N–H and O–H groups in total. The average molecular weight is 1740 g/mol. The number of likely N-dealkylation sites (tertiary alicyclic amines) is 6. The van der Waals surface area contributed by atoms with E-state index in [1.54, 1.807) is 14.2 Å². The lowest BCUT2D eigenvalue weighted by Gasteiger charge is -2.59. The summed E-state index contributed by atoms with van der Waals surface area (Å²) in [5.74, 6) is -22.7. The molecule has 124 heavy (non-hydrogen) atoms. The minimum Gasteiger partial charge on any atom is -0.497 e. The van der Waals surface area contributed by atoms with Crippen molar-refractivity contribution in [3.63, 3.8) is 0 Å². The van der Waals surface area contributed by atoms with Gasteiger partial charge in [0, 0.05) is 134 Å². The van der Waals surface area contributed by atoms with Crippen LogP contribution in [-0.2, 0) is 70.8 Å². The van der Waals surface area contributed by atoms with Crippen LogP contribution < -0.4 is 28.4 Å². The van der Waals surface area contributed by atoms with Gasteiger partial charge in [0.1, 0.15) is 34.5 Å². The Morgan fingerprint density at radius 2 is 0.613 bits per heavy atom. The summed E-state index contributed by atoms with van der Waals surface area (Å²) in [5, 5.41) is 0. The minimum atomic E-state index is -3.39. The predicted molar refractivity (Wildman–Crippen MR) is 506 cm³/mol. The predicted octanol–water partition coefficient (Wildman–Crippen LogP) is 21.3. The molecule has 12 bridgehead atoms. The van der Waals surface area contributed by atoms with Crippen molar-refractivity contribution in [2.75, 3.05) is 124 Å². The van der Waals surface area contributed by atoms with E-state index in [2.05, 4.69) is 60.3 Å². The zero-order valence-corrected chi connectivity index (χ0v) is 73.6. The summed E-state index contributed by atoms with van der Waals surface area (Å²) in [6, 6.07) is -4.51. The highest BCUT2D eigenvalue weighted by atomic mass is 16.5. The normalized spacial score (nSPS) is 57.4. The molecule has 0 spiro atoms. The van der Waals surface area contributed by atoms with Crippen molar-refractivity contribution in [2.45, 2.75) is 301 Å². The van der Waals surface area contributed by atoms with Gasteiger partial charge in [-0.3, -0.25) is 0 Å². The van der Waals surface area contributed by atoms with Gasteiger partial charge in [-0.15, -0.1) is 0 Å². The summed E-state index contributed by atoms with van der Waals surface area (Å²) < 4.78 is 560. The van der Waals surface area contributed by atoms with Crippen LogP contribution in [0.2, 0.25) is 0 Å². The van der Waals surface area contributed by atoms with E-state index in [-0.39, 0.29) is 36.8 Å². The zero-order chi connectivity index (χ0) is 139. The lowest BCUT2D eigenvalue weighted by atomic mass is 9.51. The Morgan fingerprint density at radius 1 is 0.331 bits per heavy atom. The first-order valence-corrected chi connectivity index (χ1v) is 43.8. The Hall–Kier alpha value is -6.12. The van der Waals surface area contributed by atoms with Gasteiger partial charge < -0.3 is 57.8 Å². The first-order chi connectivity index (χ1) is 83.3. The largest absolute Gasteiger partial charge is 0.497 e. The third kappa shape index (κ3) is 14.9. The molecular formula is C112H158N6O6. The zero-order valence-electron chi connectivity index (χ0n) is 134. The maximum Gasteiger partial charge on any atom is 0.119 e. The van der Waals surface area contributed by atoms with Gasteiger partial charge in [0.25, 0.3) is 0 Å². The smallest absolute Gasteiger partial charge is 0.119 e. The number of hydrogen-bond donors (Lipinski definition) is 0.